The molecular formula is C20H24N4O2S. The molecule has 0 spiro atoms. The Balaban J connectivity index is 1.66. The number of morpholine rings is 1. The molecule has 1 unspecified atom stereocenters. The lowest BCUT2D eigenvalue weighted by Gasteiger charge is -2.33. The van der Waals surface area contributed by atoms with Crippen LogP contribution in [-0.2, 0) is 18.3 Å². The van der Waals surface area contributed by atoms with Crippen LogP contribution in [0.2, 0.25) is 0 Å². The predicted octanol–water partition coefficient (Wildman–Crippen LogP) is 2.91. The molecule has 0 bridgehead atoms. The molecule has 3 aromatic rings. The molecule has 1 saturated heterocycles. The summed E-state index contributed by atoms with van der Waals surface area (Å²) >= 11 is 1.56. The second kappa shape index (κ2) is 7.42. The Morgan fingerprint density at radius 3 is 2.93 bits per heavy atom. The van der Waals surface area contributed by atoms with E-state index < -0.39 is 0 Å². The van der Waals surface area contributed by atoms with Gasteiger partial charge in [-0.15, -0.1) is 11.3 Å². The number of rotatable bonds is 4. The summed E-state index contributed by atoms with van der Waals surface area (Å²) in [5.41, 5.74) is 2.23. The maximum Gasteiger partial charge on any atom is 0.263 e. The van der Waals surface area contributed by atoms with Crippen molar-refractivity contribution in [3.63, 3.8) is 0 Å². The number of aromatic nitrogens is 2. The summed E-state index contributed by atoms with van der Waals surface area (Å²) in [6.45, 7) is 3.14. The van der Waals surface area contributed by atoms with Crippen molar-refractivity contribution in [2.45, 2.75) is 12.6 Å². The number of carbonyl (C=O) groups excluding carboxylic acids is 1. The van der Waals surface area contributed by atoms with Crippen molar-refractivity contribution >= 4 is 27.3 Å². The summed E-state index contributed by atoms with van der Waals surface area (Å²) in [5.74, 6) is 0.0409. The molecule has 1 atom stereocenters. The van der Waals surface area contributed by atoms with Gasteiger partial charge in [0.1, 0.15) is 0 Å². The van der Waals surface area contributed by atoms with E-state index in [1.807, 2.05) is 36.3 Å². The third kappa shape index (κ3) is 3.63. The standard InChI is InChI=1S/C20H24N4O2S/c1-22(2)20(25)19-18(15-6-4-5-7-17(15)27-19)16-13-24(8-9-26-16)12-14-10-21-23(3)11-14/h4-7,10-11,16H,8-9,12-13H2,1-3H3. The van der Waals surface area contributed by atoms with E-state index in [9.17, 15) is 4.79 Å². The normalized spacial score (nSPS) is 18.1. The van der Waals surface area contributed by atoms with Crippen LogP contribution in [0, 0.1) is 0 Å². The molecule has 1 fully saturated rings. The van der Waals surface area contributed by atoms with Gasteiger partial charge in [-0.3, -0.25) is 14.4 Å². The van der Waals surface area contributed by atoms with Crippen LogP contribution in [-0.4, -0.2) is 59.3 Å². The van der Waals surface area contributed by atoms with E-state index in [0.29, 0.717) is 6.61 Å². The molecule has 4 rings (SSSR count). The summed E-state index contributed by atoms with van der Waals surface area (Å²) in [4.78, 5) is 17.6. The number of ether oxygens (including phenoxy) is 1. The number of fused-ring (bicyclic) bond motifs is 1. The summed E-state index contributed by atoms with van der Waals surface area (Å²) in [5, 5.41) is 5.38. The van der Waals surface area contributed by atoms with Crippen molar-refractivity contribution in [2.24, 2.45) is 7.05 Å². The molecule has 1 aromatic carbocycles. The first kappa shape index (κ1) is 18.2. The summed E-state index contributed by atoms with van der Waals surface area (Å²) in [7, 11) is 5.53. The topological polar surface area (TPSA) is 50.6 Å². The minimum atomic E-state index is -0.106. The lowest BCUT2D eigenvalue weighted by atomic mass is 10.0. The van der Waals surface area contributed by atoms with Crippen LogP contribution in [0.5, 0.6) is 0 Å². The second-order valence-corrected chi connectivity index (χ2v) is 8.21. The number of amides is 1. The Bertz CT molecular complexity index is 962. The second-order valence-electron chi connectivity index (χ2n) is 7.16. The number of aryl methyl sites for hydroxylation is 1. The van der Waals surface area contributed by atoms with Crippen molar-refractivity contribution < 1.29 is 9.53 Å². The van der Waals surface area contributed by atoms with E-state index in [0.717, 1.165) is 40.2 Å². The fourth-order valence-corrected chi connectivity index (χ4v) is 4.86. The Morgan fingerprint density at radius 1 is 1.37 bits per heavy atom. The summed E-state index contributed by atoms with van der Waals surface area (Å²) in [6, 6.07) is 8.21. The number of hydrogen-bond donors (Lipinski definition) is 0. The van der Waals surface area contributed by atoms with Crippen molar-refractivity contribution in [1.29, 1.82) is 0 Å². The monoisotopic (exact) mass is 384 g/mol. The van der Waals surface area contributed by atoms with Gasteiger partial charge in [0.25, 0.3) is 5.91 Å². The van der Waals surface area contributed by atoms with E-state index in [-0.39, 0.29) is 12.0 Å². The minimum absolute atomic E-state index is 0.0409. The highest BCUT2D eigenvalue weighted by Gasteiger charge is 2.30. The van der Waals surface area contributed by atoms with Crippen molar-refractivity contribution in [2.75, 3.05) is 33.8 Å². The van der Waals surface area contributed by atoms with Crippen LogP contribution >= 0.6 is 11.3 Å². The molecule has 0 saturated carbocycles. The number of benzene rings is 1. The first-order valence-corrected chi connectivity index (χ1v) is 9.89. The number of carbonyl (C=O) groups is 1. The van der Waals surface area contributed by atoms with Gasteiger partial charge in [-0.25, -0.2) is 0 Å². The smallest absolute Gasteiger partial charge is 0.263 e. The maximum absolute atomic E-state index is 12.8. The largest absolute Gasteiger partial charge is 0.371 e. The molecular weight excluding hydrogens is 360 g/mol. The van der Waals surface area contributed by atoms with Gasteiger partial charge >= 0.3 is 0 Å². The van der Waals surface area contributed by atoms with Crippen LogP contribution in [0.15, 0.2) is 36.7 Å². The average Bonchev–Trinajstić information content (AvgIpc) is 3.24. The van der Waals surface area contributed by atoms with Crippen LogP contribution in [0.25, 0.3) is 10.1 Å². The molecule has 27 heavy (non-hydrogen) atoms. The van der Waals surface area contributed by atoms with Crippen LogP contribution in [0.4, 0.5) is 0 Å². The zero-order valence-electron chi connectivity index (χ0n) is 15.9. The van der Waals surface area contributed by atoms with Gasteiger partial charge in [0.05, 0.1) is 23.8 Å². The molecule has 0 aliphatic carbocycles. The quantitative estimate of drug-likeness (QED) is 0.694. The summed E-state index contributed by atoms with van der Waals surface area (Å²) in [6.07, 6.45) is 3.85. The SMILES string of the molecule is CN(C)C(=O)c1sc2ccccc2c1C1CN(Cc2cnn(C)c2)CCO1. The van der Waals surface area contributed by atoms with Crippen LogP contribution in [0.1, 0.15) is 26.9 Å². The Kier molecular flexibility index (Phi) is 4.99. The Hall–Kier alpha value is -2.22. The van der Waals surface area contributed by atoms with Crippen LogP contribution in [0.3, 0.4) is 0 Å². The van der Waals surface area contributed by atoms with E-state index in [4.69, 9.17) is 4.74 Å². The van der Waals surface area contributed by atoms with E-state index >= 15 is 0 Å². The lowest BCUT2D eigenvalue weighted by molar-refractivity contribution is -0.0323. The van der Waals surface area contributed by atoms with Crippen molar-refractivity contribution in [3.05, 3.63) is 52.7 Å². The van der Waals surface area contributed by atoms with Crippen LogP contribution < -0.4 is 0 Å². The number of hydrogen-bond acceptors (Lipinski definition) is 5. The predicted molar refractivity (Wildman–Crippen MR) is 107 cm³/mol. The van der Waals surface area contributed by atoms with E-state index in [1.54, 1.807) is 30.3 Å². The lowest BCUT2D eigenvalue weighted by Crippen LogP contribution is -2.38. The molecule has 0 radical (unpaired) electrons. The van der Waals surface area contributed by atoms with E-state index in [1.165, 1.54) is 5.56 Å². The maximum atomic E-state index is 12.8. The molecule has 142 valence electrons. The van der Waals surface area contributed by atoms with Gasteiger partial charge in [-0.1, -0.05) is 18.2 Å². The van der Waals surface area contributed by atoms with Crippen molar-refractivity contribution in [1.82, 2.24) is 19.6 Å². The zero-order valence-corrected chi connectivity index (χ0v) is 16.7. The Labute approximate surface area is 162 Å². The highest BCUT2D eigenvalue weighted by atomic mass is 32.1. The molecule has 7 heteroatoms. The van der Waals surface area contributed by atoms with Gasteiger partial charge in [0.15, 0.2) is 0 Å². The van der Waals surface area contributed by atoms with E-state index in [2.05, 4.69) is 22.1 Å². The number of thiophene rings is 1. The highest BCUT2D eigenvalue weighted by molar-refractivity contribution is 7.21. The summed E-state index contributed by atoms with van der Waals surface area (Å²) < 4.78 is 9.10. The third-order valence-corrected chi connectivity index (χ3v) is 6.05. The Morgan fingerprint density at radius 2 is 2.19 bits per heavy atom. The zero-order chi connectivity index (χ0) is 19.0. The van der Waals surface area contributed by atoms with Gasteiger partial charge in [-0.05, 0) is 11.5 Å². The minimum Gasteiger partial charge on any atom is -0.371 e. The first-order chi connectivity index (χ1) is 13.0. The van der Waals surface area contributed by atoms with Gasteiger partial charge in [0, 0.05) is 62.8 Å². The first-order valence-electron chi connectivity index (χ1n) is 9.07. The molecule has 1 amide bonds. The fourth-order valence-electron chi connectivity index (χ4n) is 3.58. The molecule has 0 N–H and O–H groups in total. The third-order valence-electron chi connectivity index (χ3n) is 4.87. The van der Waals surface area contributed by atoms with Gasteiger partial charge in [0.2, 0.25) is 0 Å². The molecule has 3 heterocycles. The van der Waals surface area contributed by atoms with Crippen molar-refractivity contribution in [3.8, 4) is 0 Å². The average molecular weight is 385 g/mol. The number of nitrogens with zero attached hydrogens (tertiary/aromatic N) is 4. The van der Waals surface area contributed by atoms with Gasteiger partial charge in [-0.2, -0.15) is 5.10 Å². The molecule has 1 aliphatic rings. The highest BCUT2D eigenvalue weighted by Crippen LogP contribution is 2.38. The molecule has 1 aliphatic heterocycles. The molecule has 2 aromatic heterocycles. The fraction of sp³-hybridized carbons (Fsp3) is 0.400. The van der Waals surface area contributed by atoms with Gasteiger partial charge < -0.3 is 9.64 Å². The molecule has 6 nitrogen and oxygen atoms in total.